The highest BCUT2D eigenvalue weighted by Gasteiger charge is 2.44. The van der Waals surface area contributed by atoms with E-state index in [9.17, 15) is 0 Å². The number of anilines is 2. The number of allylic oxidation sites excluding steroid dienone is 9. The predicted molar refractivity (Wildman–Crippen MR) is 240 cm³/mol. The van der Waals surface area contributed by atoms with Gasteiger partial charge in [0.15, 0.2) is 0 Å². The zero-order valence-electron chi connectivity index (χ0n) is 31.6. The van der Waals surface area contributed by atoms with Gasteiger partial charge in [0, 0.05) is 28.7 Å². The van der Waals surface area contributed by atoms with Gasteiger partial charge in [-0.25, -0.2) is 0 Å². The van der Waals surface area contributed by atoms with E-state index < -0.39 is 4.75 Å². The van der Waals surface area contributed by atoms with Crippen LogP contribution in [0.1, 0.15) is 57.3 Å². The summed E-state index contributed by atoms with van der Waals surface area (Å²) in [4.78, 5) is 3.52. The largest absolute Gasteiger partial charge is 0.338 e. The highest BCUT2D eigenvalue weighted by atomic mass is 32.2. The van der Waals surface area contributed by atoms with Gasteiger partial charge in [0.2, 0.25) is 0 Å². The molecular weight excluding hydrogens is 683 g/mol. The number of fused-ring (bicyclic) bond motifs is 3. The van der Waals surface area contributed by atoms with Crippen molar-refractivity contribution in [1.82, 2.24) is 0 Å². The van der Waals surface area contributed by atoms with Crippen molar-refractivity contribution in [3.05, 3.63) is 258 Å². The van der Waals surface area contributed by atoms with E-state index in [1.165, 1.54) is 27.8 Å². The Bertz CT molecular complexity index is 2420. The molecule has 1 aliphatic carbocycles. The molecule has 2 unspecified atom stereocenters. The van der Waals surface area contributed by atoms with Crippen molar-refractivity contribution in [3.8, 4) is 0 Å². The first-order valence-corrected chi connectivity index (χ1v) is 19.6. The second-order valence-corrected chi connectivity index (χ2v) is 15.3. The van der Waals surface area contributed by atoms with Crippen molar-refractivity contribution in [2.45, 2.75) is 28.9 Å². The van der Waals surface area contributed by atoms with Crippen LogP contribution in [-0.2, 0) is 11.2 Å². The van der Waals surface area contributed by atoms with E-state index >= 15 is 0 Å². The molecule has 55 heavy (non-hydrogen) atoms. The van der Waals surface area contributed by atoms with Crippen LogP contribution in [0.5, 0.6) is 0 Å². The topological polar surface area (TPSA) is 3.24 Å². The molecule has 7 rings (SSSR count). The first kappa shape index (κ1) is 37.2. The Morgan fingerprint density at radius 1 is 0.782 bits per heavy atom. The van der Waals surface area contributed by atoms with Gasteiger partial charge in [-0.2, -0.15) is 0 Å². The summed E-state index contributed by atoms with van der Waals surface area (Å²) >= 11 is 1.85. The number of hydrogen-bond donors (Lipinski definition) is 0. The Morgan fingerprint density at radius 2 is 1.55 bits per heavy atom. The number of thioether (sulfide) groups is 1. The summed E-state index contributed by atoms with van der Waals surface area (Å²) in [5, 5.41) is 0. The second-order valence-electron chi connectivity index (χ2n) is 14.0. The molecule has 1 aliphatic heterocycles. The van der Waals surface area contributed by atoms with E-state index in [4.69, 9.17) is 13.2 Å². The number of nitrogens with zero attached hydrogens (tertiary/aromatic N) is 1. The number of benzene rings is 5. The van der Waals surface area contributed by atoms with Crippen LogP contribution in [0.25, 0.3) is 11.6 Å². The molecule has 0 fully saturated rings. The van der Waals surface area contributed by atoms with Crippen LogP contribution >= 0.6 is 11.8 Å². The maximum atomic E-state index is 4.81. The van der Waals surface area contributed by atoms with E-state index in [0.29, 0.717) is 6.54 Å². The zero-order chi connectivity index (χ0) is 38.4. The molecule has 5 aromatic rings. The second kappa shape index (κ2) is 16.5. The van der Waals surface area contributed by atoms with Gasteiger partial charge >= 0.3 is 0 Å². The number of hydrogen-bond acceptors (Lipinski definition) is 2. The van der Waals surface area contributed by atoms with Crippen LogP contribution < -0.4 is 4.90 Å². The third-order valence-corrected chi connectivity index (χ3v) is 12.2. The lowest BCUT2D eigenvalue weighted by Gasteiger charge is -2.39. The first-order valence-electron chi connectivity index (χ1n) is 18.8. The molecule has 0 saturated carbocycles. The highest BCUT2D eigenvalue weighted by molar-refractivity contribution is 8.00. The van der Waals surface area contributed by atoms with Crippen molar-refractivity contribution in [1.29, 1.82) is 0 Å². The van der Waals surface area contributed by atoms with Crippen LogP contribution in [0, 0.1) is 0 Å². The normalized spacial score (nSPS) is 16.4. The van der Waals surface area contributed by atoms with Gasteiger partial charge in [-0.3, -0.25) is 0 Å². The standard InChI is InChI=1S/C53H47NS/c1-7-9-21-38(3)22-12-11-19-35-54(45-25-13-10-14-26-45)46-33-34-48-41(6)49-28-16-18-30-52(49)55-53(39(4)8-2,51(48)37-46)50-29-17-15-27-47(50)40(5)43-32-31-42-23-20-24-44(42)36-43/h7-22,24-34,36-37,40H,1-4,6,23,35H2,5H3/b19-11-,21-9-,22-12-. The Balaban J connectivity index is 1.42. The summed E-state index contributed by atoms with van der Waals surface area (Å²) in [7, 11) is 0. The predicted octanol–water partition coefficient (Wildman–Crippen LogP) is 14.1. The van der Waals surface area contributed by atoms with Gasteiger partial charge < -0.3 is 4.90 Å². The Hall–Kier alpha value is -6.09. The fraction of sp³-hybridized carbons (Fsp3) is 0.0943. The fourth-order valence-corrected chi connectivity index (χ4v) is 9.30. The zero-order valence-corrected chi connectivity index (χ0v) is 32.4. The Labute approximate surface area is 332 Å². The molecule has 2 atom stereocenters. The molecule has 1 nitrogen and oxygen atoms in total. The van der Waals surface area contributed by atoms with Crippen LogP contribution in [0.15, 0.2) is 219 Å². The molecule has 0 aromatic heterocycles. The average Bonchev–Trinajstić information content (AvgIpc) is 3.67. The molecule has 0 amide bonds. The van der Waals surface area contributed by atoms with Crippen molar-refractivity contribution >= 4 is 34.8 Å². The number of para-hydroxylation sites is 1. The monoisotopic (exact) mass is 729 g/mol. The molecule has 1 heterocycles. The van der Waals surface area contributed by atoms with E-state index in [2.05, 4.69) is 171 Å². The van der Waals surface area contributed by atoms with Gasteiger partial charge in [0.25, 0.3) is 0 Å². The summed E-state index contributed by atoms with van der Waals surface area (Å²) in [6, 6.07) is 42.0. The molecule has 0 saturated heterocycles. The summed E-state index contributed by atoms with van der Waals surface area (Å²) in [5.41, 5.74) is 14.9. The minimum absolute atomic E-state index is 0.126. The van der Waals surface area contributed by atoms with Gasteiger partial charge in [-0.1, -0.05) is 186 Å². The molecule has 2 aliphatic rings. The average molecular weight is 730 g/mol. The van der Waals surface area contributed by atoms with E-state index in [1.54, 1.807) is 6.08 Å². The molecule has 0 radical (unpaired) electrons. The van der Waals surface area contributed by atoms with Crippen LogP contribution in [-0.4, -0.2) is 6.54 Å². The van der Waals surface area contributed by atoms with Gasteiger partial charge in [0.05, 0.1) is 4.75 Å². The van der Waals surface area contributed by atoms with E-state index in [-0.39, 0.29) is 5.92 Å². The van der Waals surface area contributed by atoms with E-state index in [0.717, 1.165) is 56.1 Å². The lowest BCUT2D eigenvalue weighted by atomic mass is 9.75. The summed E-state index contributed by atoms with van der Waals surface area (Å²) in [5.74, 6) is 0.126. The van der Waals surface area contributed by atoms with Crippen molar-refractivity contribution in [2.24, 2.45) is 0 Å². The lowest BCUT2D eigenvalue weighted by molar-refractivity contribution is 0.828. The Morgan fingerprint density at radius 3 is 2.36 bits per heavy atom. The SMILES string of the molecule is C=C/C=C\C(=C)/C=C\C=C/CN(c1ccccc1)c1ccc2c(c1)C(C(=C)C=C)(c1ccccc1C(C)c1ccc3c(c1)C=CC3)Sc1ccccc1C2=C. The maximum absolute atomic E-state index is 4.81. The fourth-order valence-electron chi connectivity index (χ4n) is 7.73. The van der Waals surface area contributed by atoms with Crippen LogP contribution in [0.4, 0.5) is 11.4 Å². The van der Waals surface area contributed by atoms with Gasteiger partial charge in [-0.05, 0) is 98.0 Å². The summed E-state index contributed by atoms with van der Waals surface area (Å²) < 4.78 is -0.718. The Kier molecular flexibility index (Phi) is 11.2. The van der Waals surface area contributed by atoms with Crippen LogP contribution in [0.3, 0.4) is 0 Å². The molecule has 0 N–H and O–H groups in total. The molecule has 270 valence electrons. The van der Waals surface area contributed by atoms with E-state index in [1.807, 2.05) is 42.1 Å². The lowest BCUT2D eigenvalue weighted by Crippen LogP contribution is -2.29. The van der Waals surface area contributed by atoms with Gasteiger partial charge in [-0.15, -0.1) is 11.8 Å². The van der Waals surface area contributed by atoms with Gasteiger partial charge in [0.1, 0.15) is 0 Å². The quantitative estimate of drug-likeness (QED) is 0.111. The maximum Gasteiger partial charge on any atom is 0.0958 e. The molecule has 0 spiro atoms. The van der Waals surface area contributed by atoms with Crippen molar-refractivity contribution in [2.75, 3.05) is 11.4 Å². The summed E-state index contributed by atoms with van der Waals surface area (Å²) in [6.45, 7) is 24.8. The minimum Gasteiger partial charge on any atom is -0.338 e. The summed E-state index contributed by atoms with van der Waals surface area (Å²) in [6.07, 6.45) is 21.3. The third kappa shape index (κ3) is 7.39. The molecular formula is C53H47NS. The highest BCUT2D eigenvalue weighted by Crippen LogP contribution is 2.59. The smallest absolute Gasteiger partial charge is 0.0958 e. The first-order chi connectivity index (χ1) is 26.8. The molecule has 2 heteroatoms. The van der Waals surface area contributed by atoms with Crippen LogP contribution in [0.2, 0.25) is 0 Å². The van der Waals surface area contributed by atoms with Crippen molar-refractivity contribution < 1.29 is 0 Å². The number of rotatable bonds is 13. The molecule has 5 aromatic carbocycles. The molecule has 0 bridgehead atoms. The minimum atomic E-state index is -0.718. The third-order valence-electron chi connectivity index (χ3n) is 10.7. The van der Waals surface area contributed by atoms with Crippen molar-refractivity contribution in [3.63, 3.8) is 0 Å².